The van der Waals surface area contributed by atoms with Gasteiger partial charge >= 0.3 is 0 Å². The van der Waals surface area contributed by atoms with Crippen molar-refractivity contribution in [3.8, 4) is 5.75 Å². The lowest BCUT2D eigenvalue weighted by Gasteiger charge is -2.12. The van der Waals surface area contributed by atoms with Crippen molar-refractivity contribution in [3.63, 3.8) is 0 Å². The third-order valence-electron chi connectivity index (χ3n) is 4.15. The van der Waals surface area contributed by atoms with E-state index in [1.165, 1.54) is 9.80 Å². The van der Waals surface area contributed by atoms with Crippen molar-refractivity contribution in [1.29, 1.82) is 0 Å². The Morgan fingerprint density at radius 1 is 1.15 bits per heavy atom. The first-order valence-electron chi connectivity index (χ1n) is 8.72. The van der Waals surface area contributed by atoms with E-state index in [4.69, 9.17) is 21.7 Å². The fourth-order valence-corrected chi connectivity index (χ4v) is 3.38. The Morgan fingerprint density at radius 3 is 2.48 bits per heavy atom. The van der Waals surface area contributed by atoms with E-state index in [1.807, 2.05) is 61.7 Å². The van der Waals surface area contributed by atoms with Gasteiger partial charge in [-0.2, -0.15) is 0 Å². The van der Waals surface area contributed by atoms with Gasteiger partial charge in [0, 0.05) is 11.4 Å². The molecular formula is C21H21NO3S2. The number of carbonyl (C=O) groups excluding carboxylic acids is 1. The van der Waals surface area contributed by atoms with E-state index in [-0.39, 0.29) is 16.8 Å². The number of rotatable bonds is 7. The first-order chi connectivity index (χ1) is 13.1. The van der Waals surface area contributed by atoms with Crippen LogP contribution in [0.1, 0.15) is 18.1 Å². The van der Waals surface area contributed by atoms with Crippen LogP contribution in [0, 0.1) is 0 Å². The van der Waals surface area contributed by atoms with Crippen LogP contribution in [0.25, 0.3) is 6.08 Å². The Morgan fingerprint density at radius 2 is 1.85 bits per heavy atom. The summed E-state index contributed by atoms with van der Waals surface area (Å²) in [4.78, 5) is 15.3. The van der Waals surface area contributed by atoms with Gasteiger partial charge in [-0.3, -0.25) is 9.69 Å². The minimum absolute atomic E-state index is 0.195. The molecule has 0 spiro atoms. The quantitative estimate of drug-likeness (QED) is 0.388. The molecule has 1 aliphatic heterocycles. The van der Waals surface area contributed by atoms with Gasteiger partial charge in [0.05, 0.1) is 6.61 Å². The number of benzene rings is 2. The molecular weight excluding hydrogens is 378 g/mol. The molecule has 1 heterocycles. The highest BCUT2D eigenvalue weighted by atomic mass is 32.2. The van der Waals surface area contributed by atoms with Gasteiger partial charge < -0.3 is 9.47 Å². The summed E-state index contributed by atoms with van der Waals surface area (Å²) >= 11 is 6.91. The van der Waals surface area contributed by atoms with Gasteiger partial charge in [0.2, 0.25) is 0 Å². The molecule has 2 aromatic carbocycles. The van der Waals surface area contributed by atoms with Crippen molar-refractivity contribution < 1.29 is 14.3 Å². The third-order valence-corrected chi connectivity index (χ3v) is 5.19. The molecule has 0 atom stereocenters. The van der Waals surface area contributed by atoms with Crippen LogP contribution in [0.15, 0.2) is 59.2 Å². The van der Waals surface area contributed by atoms with Gasteiger partial charge in [0.1, 0.15) is 5.75 Å². The minimum Gasteiger partial charge on any atom is -0.494 e. The highest BCUT2D eigenvalue weighted by Gasteiger charge is 2.32. The van der Waals surface area contributed by atoms with Crippen LogP contribution in [0.5, 0.6) is 5.75 Å². The molecule has 1 amide bonds. The Labute approximate surface area is 169 Å². The summed E-state index contributed by atoms with van der Waals surface area (Å²) in [5, 5.41) is 0.206. The van der Waals surface area contributed by atoms with Crippen LogP contribution in [0.4, 0.5) is 0 Å². The number of amides is 1. The number of thioether (sulfide) groups is 1. The second-order valence-corrected chi connectivity index (χ2v) is 7.16. The molecule has 27 heavy (non-hydrogen) atoms. The lowest BCUT2D eigenvalue weighted by molar-refractivity contribution is -0.122. The zero-order chi connectivity index (χ0) is 19.2. The predicted octanol–water partition coefficient (Wildman–Crippen LogP) is 4.53. The number of hydrogen-bond acceptors (Lipinski definition) is 5. The van der Waals surface area contributed by atoms with Crippen molar-refractivity contribution in [2.45, 2.75) is 18.2 Å². The summed E-state index contributed by atoms with van der Waals surface area (Å²) in [5.74, 6) is 0.915. The van der Waals surface area contributed by atoms with E-state index >= 15 is 0 Å². The van der Waals surface area contributed by atoms with Crippen molar-refractivity contribution >= 4 is 41.1 Å². The molecule has 0 saturated carbocycles. The van der Waals surface area contributed by atoms with Crippen LogP contribution >= 0.6 is 24.0 Å². The standard InChI is InChI=1S/C21H21NO3S2/c1-3-24-17-8-4-15(5-9-17)12-13-22-20(23)19(25-21(22)26)14-16-6-10-18(27-2)11-7-16/h4-11,14H,3,12-13H2,1-2H3/b19-14+. The molecule has 0 N–H and O–H groups in total. The Bertz CT molecular complexity index is 845. The molecule has 6 heteroatoms. The molecule has 0 aliphatic carbocycles. The first-order valence-corrected chi connectivity index (χ1v) is 10.3. The van der Waals surface area contributed by atoms with Gasteiger partial charge in [-0.05, 0) is 73.3 Å². The maximum Gasteiger partial charge on any atom is 0.297 e. The van der Waals surface area contributed by atoms with E-state index in [0.717, 1.165) is 16.9 Å². The second-order valence-electron chi connectivity index (χ2n) is 5.93. The van der Waals surface area contributed by atoms with Gasteiger partial charge in [-0.1, -0.05) is 24.3 Å². The number of carbonyl (C=O) groups is 1. The van der Waals surface area contributed by atoms with Gasteiger partial charge in [-0.15, -0.1) is 11.8 Å². The van der Waals surface area contributed by atoms with Crippen LogP contribution in [0.3, 0.4) is 0 Å². The molecule has 0 unspecified atom stereocenters. The largest absolute Gasteiger partial charge is 0.494 e. The van der Waals surface area contributed by atoms with Crippen LogP contribution in [-0.4, -0.2) is 35.4 Å². The van der Waals surface area contributed by atoms with Crippen molar-refractivity contribution in [1.82, 2.24) is 4.90 Å². The smallest absolute Gasteiger partial charge is 0.297 e. The minimum atomic E-state index is -0.195. The maximum absolute atomic E-state index is 12.6. The van der Waals surface area contributed by atoms with E-state index < -0.39 is 0 Å². The lowest BCUT2D eigenvalue weighted by atomic mass is 10.1. The summed E-state index contributed by atoms with van der Waals surface area (Å²) in [6.07, 6.45) is 4.45. The van der Waals surface area contributed by atoms with Gasteiger partial charge in [-0.25, -0.2) is 0 Å². The molecule has 2 aromatic rings. The summed E-state index contributed by atoms with van der Waals surface area (Å²) in [5.41, 5.74) is 2.02. The summed E-state index contributed by atoms with van der Waals surface area (Å²) in [6, 6.07) is 15.8. The van der Waals surface area contributed by atoms with E-state index in [9.17, 15) is 4.79 Å². The average molecular weight is 400 g/mol. The van der Waals surface area contributed by atoms with Crippen molar-refractivity contribution in [2.24, 2.45) is 0 Å². The number of nitrogens with zero attached hydrogens (tertiary/aromatic N) is 1. The molecule has 0 radical (unpaired) electrons. The van der Waals surface area contributed by atoms with Gasteiger partial charge in [0.15, 0.2) is 5.76 Å². The number of ether oxygens (including phenoxy) is 2. The molecule has 1 aliphatic rings. The van der Waals surface area contributed by atoms with Crippen LogP contribution in [-0.2, 0) is 16.0 Å². The fraction of sp³-hybridized carbons (Fsp3) is 0.238. The number of thiocarbonyl (C=S) groups is 1. The second kappa shape index (κ2) is 9.06. The normalized spacial score (nSPS) is 15.3. The lowest BCUT2D eigenvalue weighted by Crippen LogP contribution is -2.30. The number of hydrogen-bond donors (Lipinski definition) is 0. The topological polar surface area (TPSA) is 38.8 Å². The van der Waals surface area contributed by atoms with Gasteiger partial charge in [0.25, 0.3) is 11.1 Å². The average Bonchev–Trinajstić information content (AvgIpc) is 2.95. The maximum atomic E-state index is 12.6. The molecule has 0 aromatic heterocycles. The molecule has 3 rings (SSSR count). The Hall–Kier alpha value is -2.31. The first kappa shape index (κ1) is 19.5. The van der Waals surface area contributed by atoms with E-state index in [1.54, 1.807) is 17.8 Å². The highest BCUT2D eigenvalue weighted by molar-refractivity contribution is 7.98. The summed E-state index contributed by atoms with van der Waals surface area (Å²) in [7, 11) is 0. The highest BCUT2D eigenvalue weighted by Crippen LogP contribution is 2.22. The SMILES string of the molecule is CCOc1ccc(CCN2C(=O)/C(=C\c3ccc(SC)cc3)OC2=S)cc1. The summed E-state index contributed by atoms with van der Waals surface area (Å²) in [6.45, 7) is 3.08. The molecule has 1 fully saturated rings. The Kier molecular flexibility index (Phi) is 6.53. The zero-order valence-corrected chi connectivity index (χ0v) is 16.9. The van der Waals surface area contributed by atoms with E-state index in [2.05, 4.69) is 0 Å². The zero-order valence-electron chi connectivity index (χ0n) is 15.3. The molecule has 1 saturated heterocycles. The molecule has 0 bridgehead atoms. The van der Waals surface area contributed by atoms with Crippen molar-refractivity contribution in [2.75, 3.05) is 19.4 Å². The fourth-order valence-electron chi connectivity index (χ4n) is 2.70. The van der Waals surface area contributed by atoms with E-state index in [0.29, 0.717) is 19.6 Å². The third kappa shape index (κ3) is 4.90. The predicted molar refractivity (Wildman–Crippen MR) is 113 cm³/mol. The molecule has 4 nitrogen and oxygen atoms in total. The Balaban J connectivity index is 1.64. The summed E-state index contributed by atoms with van der Waals surface area (Å²) < 4.78 is 11.0. The monoisotopic (exact) mass is 399 g/mol. The van der Waals surface area contributed by atoms with Crippen LogP contribution < -0.4 is 4.74 Å². The molecule has 140 valence electrons. The van der Waals surface area contributed by atoms with Crippen LogP contribution in [0.2, 0.25) is 0 Å². The van der Waals surface area contributed by atoms with Crippen molar-refractivity contribution in [3.05, 3.63) is 65.4 Å².